The van der Waals surface area contributed by atoms with E-state index in [0.29, 0.717) is 27.8 Å². The van der Waals surface area contributed by atoms with Gasteiger partial charge in [-0.1, -0.05) is 59.6 Å². The average molecular weight is 426 g/mol. The van der Waals surface area contributed by atoms with E-state index in [1.54, 1.807) is 36.0 Å². The van der Waals surface area contributed by atoms with Crippen molar-refractivity contribution in [1.29, 1.82) is 5.26 Å². The van der Waals surface area contributed by atoms with Crippen LogP contribution in [0.1, 0.15) is 18.1 Å². The molecule has 146 valence electrons. The molecule has 0 fully saturated rings. The highest BCUT2D eigenvalue weighted by molar-refractivity contribution is 6.35. The number of nitrogens with zero attached hydrogens (tertiary/aromatic N) is 3. The number of ether oxygens (including phenoxy) is 1. The van der Waals surface area contributed by atoms with Crippen molar-refractivity contribution in [3.8, 4) is 17.3 Å². The lowest BCUT2D eigenvalue weighted by molar-refractivity contribution is -0.137. The van der Waals surface area contributed by atoms with Crippen LogP contribution in [0.4, 0.5) is 0 Å². The molecule has 7 heteroatoms. The average Bonchev–Trinajstić information content (AvgIpc) is 3.12. The zero-order valence-electron chi connectivity index (χ0n) is 15.6. The van der Waals surface area contributed by atoms with Crippen LogP contribution >= 0.6 is 23.2 Å². The van der Waals surface area contributed by atoms with E-state index in [2.05, 4.69) is 5.10 Å². The fourth-order valence-electron chi connectivity index (χ4n) is 2.79. The predicted molar refractivity (Wildman–Crippen MR) is 113 cm³/mol. The topological polar surface area (TPSA) is 67.9 Å². The summed E-state index contributed by atoms with van der Waals surface area (Å²) in [6.07, 6.45) is 3.23. The Morgan fingerprint density at radius 1 is 1.17 bits per heavy atom. The summed E-state index contributed by atoms with van der Waals surface area (Å²) in [5, 5.41) is 15.1. The van der Waals surface area contributed by atoms with Gasteiger partial charge in [0.25, 0.3) is 0 Å². The van der Waals surface area contributed by atoms with E-state index < -0.39 is 5.97 Å². The fraction of sp³-hybridized carbons (Fsp3) is 0.136. The molecule has 1 heterocycles. The highest BCUT2D eigenvalue weighted by Crippen LogP contribution is 2.28. The number of carbonyl (C=O) groups is 1. The van der Waals surface area contributed by atoms with E-state index >= 15 is 0 Å². The number of esters is 1. The van der Waals surface area contributed by atoms with E-state index in [-0.39, 0.29) is 12.2 Å². The molecule has 0 spiro atoms. The Morgan fingerprint density at radius 2 is 1.86 bits per heavy atom. The molecule has 3 rings (SSSR count). The molecule has 0 unspecified atom stereocenters. The van der Waals surface area contributed by atoms with Crippen LogP contribution in [0.2, 0.25) is 10.0 Å². The zero-order chi connectivity index (χ0) is 20.8. The van der Waals surface area contributed by atoms with Gasteiger partial charge in [-0.25, -0.2) is 4.79 Å². The van der Waals surface area contributed by atoms with Crippen molar-refractivity contribution < 1.29 is 9.53 Å². The molecule has 0 atom stereocenters. The summed E-state index contributed by atoms with van der Waals surface area (Å²) >= 11 is 12.6. The van der Waals surface area contributed by atoms with Crippen LogP contribution in [0.3, 0.4) is 0 Å². The number of hydrogen-bond acceptors (Lipinski definition) is 4. The molecular formula is C22H17Cl2N3O2. The molecular weight excluding hydrogens is 409 g/mol. The molecule has 29 heavy (non-hydrogen) atoms. The monoisotopic (exact) mass is 425 g/mol. The van der Waals surface area contributed by atoms with Crippen molar-refractivity contribution in [1.82, 2.24) is 9.78 Å². The SMILES string of the molecule is CCOC(=O)/C(C#N)=C/c1cn(Cc2c(Cl)cccc2Cl)nc1-c1ccccc1. The minimum absolute atomic E-state index is 0.0978. The zero-order valence-corrected chi connectivity index (χ0v) is 17.1. The second kappa shape index (κ2) is 9.42. The summed E-state index contributed by atoms with van der Waals surface area (Å²) in [5.74, 6) is -0.670. The highest BCUT2D eigenvalue weighted by atomic mass is 35.5. The van der Waals surface area contributed by atoms with Gasteiger partial charge in [-0.05, 0) is 25.1 Å². The van der Waals surface area contributed by atoms with E-state index in [4.69, 9.17) is 27.9 Å². The molecule has 0 radical (unpaired) electrons. The van der Waals surface area contributed by atoms with Crippen molar-refractivity contribution in [3.63, 3.8) is 0 Å². The van der Waals surface area contributed by atoms with Gasteiger partial charge in [0.1, 0.15) is 11.6 Å². The normalized spacial score (nSPS) is 11.2. The molecule has 5 nitrogen and oxygen atoms in total. The van der Waals surface area contributed by atoms with Crippen LogP contribution in [0.15, 0.2) is 60.3 Å². The summed E-state index contributed by atoms with van der Waals surface area (Å²) in [5.41, 5.74) is 2.73. The first-order chi connectivity index (χ1) is 14.0. The van der Waals surface area contributed by atoms with Crippen molar-refractivity contribution in [2.24, 2.45) is 0 Å². The molecule has 0 saturated heterocycles. The van der Waals surface area contributed by atoms with Gasteiger partial charge < -0.3 is 4.74 Å². The third-order valence-corrected chi connectivity index (χ3v) is 4.84. The number of rotatable bonds is 6. The third kappa shape index (κ3) is 4.86. The molecule has 0 aliphatic rings. The molecule has 0 bridgehead atoms. The first-order valence-electron chi connectivity index (χ1n) is 8.88. The molecule has 1 aromatic heterocycles. The van der Waals surface area contributed by atoms with Gasteiger partial charge in [-0.2, -0.15) is 10.4 Å². The first kappa shape index (κ1) is 20.7. The van der Waals surface area contributed by atoms with Gasteiger partial charge in [-0.3, -0.25) is 4.68 Å². The molecule has 2 aromatic carbocycles. The van der Waals surface area contributed by atoms with E-state index in [1.165, 1.54) is 6.08 Å². The first-order valence-corrected chi connectivity index (χ1v) is 9.63. The summed E-state index contributed by atoms with van der Waals surface area (Å²) in [4.78, 5) is 12.0. The number of aromatic nitrogens is 2. The molecule has 0 aliphatic carbocycles. The summed E-state index contributed by atoms with van der Waals surface area (Å²) < 4.78 is 6.64. The van der Waals surface area contributed by atoms with Crippen LogP contribution in [0.25, 0.3) is 17.3 Å². The fourth-order valence-corrected chi connectivity index (χ4v) is 3.31. The lowest BCUT2D eigenvalue weighted by atomic mass is 10.1. The summed E-state index contributed by atoms with van der Waals surface area (Å²) in [7, 11) is 0. The Labute approximate surface area is 178 Å². The Kier molecular flexibility index (Phi) is 6.71. The molecule has 0 amide bonds. The maximum absolute atomic E-state index is 12.0. The second-order valence-corrected chi connectivity index (χ2v) is 6.90. The highest BCUT2D eigenvalue weighted by Gasteiger charge is 2.16. The number of nitriles is 1. The minimum atomic E-state index is -0.670. The quantitative estimate of drug-likeness (QED) is 0.302. The van der Waals surface area contributed by atoms with E-state index in [1.807, 2.05) is 36.4 Å². The Balaban J connectivity index is 2.07. The van der Waals surface area contributed by atoms with Crippen molar-refractivity contribution >= 4 is 35.2 Å². The maximum atomic E-state index is 12.0. The van der Waals surface area contributed by atoms with Gasteiger partial charge >= 0.3 is 5.97 Å². The third-order valence-electron chi connectivity index (χ3n) is 4.13. The minimum Gasteiger partial charge on any atom is -0.462 e. The van der Waals surface area contributed by atoms with E-state index in [9.17, 15) is 10.1 Å². The molecule has 0 aliphatic heterocycles. The van der Waals surface area contributed by atoms with Gasteiger partial charge in [-0.15, -0.1) is 0 Å². The van der Waals surface area contributed by atoms with Crippen molar-refractivity contribution in [3.05, 3.63) is 81.5 Å². The van der Waals surface area contributed by atoms with Gasteiger partial charge in [0.2, 0.25) is 0 Å². The second-order valence-electron chi connectivity index (χ2n) is 6.09. The smallest absolute Gasteiger partial charge is 0.348 e. The Morgan fingerprint density at radius 3 is 2.48 bits per heavy atom. The Hall–Kier alpha value is -3.07. The van der Waals surface area contributed by atoms with Crippen molar-refractivity contribution in [2.75, 3.05) is 6.61 Å². The number of benzene rings is 2. The number of hydrogen-bond donors (Lipinski definition) is 0. The molecule has 0 saturated carbocycles. The molecule has 0 N–H and O–H groups in total. The van der Waals surface area contributed by atoms with Crippen LogP contribution in [-0.2, 0) is 16.1 Å². The summed E-state index contributed by atoms with van der Waals surface area (Å²) in [6.45, 7) is 2.22. The van der Waals surface area contributed by atoms with Gasteiger partial charge in [0.05, 0.1) is 18.8 Å². The standard InChI is InChI=1S/C22H17Cl2N3O2/c1-2-29-22(28)16(12-25)11-17-13-27(14-18-19(23)9-6-10-20(18)24)26-21(17)15-7-4-3-5-8-15/h3-11,13H,2,14H2,1H3/b16-11+. The van der Waals surface area contributed by atoms with Crippen LogP contribution in [0.5, 0.6) is 0 Å². The lowest BCUT2D eigenvalue weighted by Crippen LogP contribution is -2.06. The number of halogens is 2. The predicted octanol–water partition coefficient (Wildman–Crippen LogP) is 5.38. The van der Waals surface area contributed by atoms with Crippen molar-refractivity contribution in [2.45, 2.75) is 13.5 Å². The molecule has 3 aromatic rings. The van der Waals surface area contributed by atoms with Crippen LogP contribution in [0, 0.1) is 11.3 Å². The van der Waals surface area contributed by atoms with E-state index in [0.717, 1.165) is 11.1 Å². The Bertz CT molecular complexity index is 1080. The van der Waals surface area contributed by atoms with Crippen LogP contribution in [-0.4, -0.2) is 22.4 Å². The maximum Gasteiger partial charge on any atom is 0.348 e. The lowest BCUT2D eigenvalue weighted by Gasteiger charge is -2.06. The summed E-state index contributed by atoms with van der Waals surface area (Å²) in [6, 6.07) is 16.7. The largest absolute Gasteiger partial charge is 0.462 e. The number of carbonyl (C=O) groups excluding carboxylic acids is 1. The van der Waals surface area contributed by atoms with Gasteiger partial charge in [0, 0.05) is 32.9 Å². The van der Waals surface area contributed by atoms with Gasteiger partial charge in [0.15, 0.2) is 0 Å². The van der Waals surface area contributed by atoms with Crippen LogP contribution < -0.4 is 0 Å².